The fourth-order valence-electron chi connectivity index (χ4n) is 2.64. The van der Waals surface area contributed by atoms with Crippen LogP contribution in [-0.4, -0.2) is 28.7 Å². The summed E-state index contributed by atoms with van der Waals surface area (Å²) in [5.41, 5.74) is 0.318. The number of nitrogens with zero attached hydrogens (tertiary/aromatic N) is 2. The zero-order valence-electron chi connectivity index (χ0n) is 12.4. The molecule has 6 heteroatoms. The average molecular weight is 317 g/mol. The van der Waals surface area contributed by atoms with Gasteiger partial charge < -0.3 is 4.90 Å². The lowest BCUT2D eigenvalue weighted by Gasteiger charge is -2.36. The van der Waals surface area contributed by atoms with Gasteiger partial charge in [0.05, 0.1) is 0 Å². The van der Waals surface area contributed by atoms with E-state index in [1.165, 1.54) is 28.4 Å². The van der Waals surface area contributed by atoms with Crippen molar-refractivity contribution in [2.75, 3.05) is 7.05 Å². The highest BCUT2D eigenvalue weighted by molar-refractivity contribution is 7.15. The van der Waals surface area contributed by atoms with Gasteiger partial charge in [-0.2, -0.15) is 0 Å². The third kappa shape index (κ3) is 2.54. The minimum absolute atomic E-state index is 0.0561. The molecule has 1 amide bonds. The van der Waals surface area contributed by atoms with E-state index in [0.717, 1.165) is 15.4 Å². The first kappa shape index (κ1) is 14.8. The van der Waals surface area contributed by atoms with Crippen LogP contribution in [0.4, 0.5) is 4.39 Å². The maximum Gasteiger partial charge on any atom is 0.228 e. The molecule has 0 radical (unpaired) electrons. The molecule has 0 aliphatic carbocycles. The Balaban J connectivity index is 1.93. The Kier molecular flexibility index (Phi) is 3.56. The van der Waals surface area contributed by atoms with Crippen molar-refractivity contribution in [2.45, 2.75) is 25.2 Å². The van der Waals surface area contributed by atoms with Crippen molar-refractivity contribution >= 4 is 23.1 Å². The van der Waals surface area contributed by atoms with Crippen LogP contribution in [0.25, 0.3) is 10.6 Å². The molecular formula is C16H16FN3OS. The number of amides is 1. The summed E-state index contributed by atoms with van der Waals surface area (Å²) >= 11 is 1.46. The van der Waals surface area contributed by atoms with Crippen molar-refractivity contribution in [2.24, 2.45) is 0 Å². The number of likely N-dealkylation sites (tertiary alicyclic amines) is 1. The molecule has 0 saturated carbocycles. The number of carbonyl (C=O) groups excluding carboxylic acids is 1. The summed E-state index contributed by atoms with van der Waals surface area (Å²) in [5.74, 6) is -0.0318. The van der Waals surface area contributed by atoms with Gasteiger partial charge in [-0.3, -0.25) is 10.2 Å². The molecule has 1 aromatic heterocycles. The second-order valence-electron chi connectivity index (χ2n) is 5.85. The lowest BCUT2D eigenvalue weighted by molar-refractivity contribution is -0.128. The third-order valence-corrected chi connectivity index (χ3v) is 5.40. The van der Waals surface area contributed by atoms with E-state index in [1.807, 2.05) is 13.0 Å². The second kappa shape index (κ2) is 5.28. The van der Waals surface area contributed by atoms with Gasteiger partial charge in [-0.05, 0) is 12.1 Å². The molecule has 1 saturated heterocycles. The lowest BCUT2D eigenvalue weighted by atomic mass is 9.78. The molecule has 1 aromatic carbocycles. The minimum atomic E-state index is -0.413. The van der Waals surface area contributed by atoms with Crippen LogP contribution < -0.4 is 0 Å². The Labute approximate surface area is 132 Å². The molecular weight excluding hydrogens is 301 g/mol. The number of halogens is 1. The van der Waals surface area contributed by atoms with Crippen LogP contribution >= 0.6 is 11.3 Å². The van der Waals surface area contributed by atoms with E-state index in [0.29, 0.717) is 18.7 Å². The third-order valence-electron chi connectivity index (χ3n) is 4.05. The fraction of sp³-hybridized carbons (Fsp3) is 0.312. The fourth-order valence-corrected chi connectivity index (χ4v) is 3.69. The number of hydrogen-bond donors (Lipinski definition) is 1. The predicted molar refractivity (Wildman–Crippen MR) is 84.6 cm³/mol. The summed E-state index contributed by atoms with van der Waals surface area (Å²) in [7, 11) is 1.63. The van der Waals surface area contributed by atoms with Crippen LogP contribution in [0.1, 0.15) is 24.6 Å². The normalized spacial score (nSPS) is 22.2. The Morgan fingerprint density at radius 3 is 2.86 bits per heavy atom. The molecule has 0 spiro atoms. The van der Waals surface area contributed by atoms with Crippen molar-refractivity contribution in [1.29, 1.82) is 5.41 Å². The molecule has 4 nitrogen and oxygen atoms in total. The number of thiazole rings is 1. The van der Waals surface area contributed by atoms with Crippen LogP contribution in [0.15, 0.2) is 30.5 Å². The highest BCUT2D eigenvalue weighted by Crippen LogP contribution is 2.40. The van der Waals surface area contributed by atoms with Crippen molar-refractivity contribution in [3.05, 3.63) is 41.2 Å². The standard InChI is InChI=1S/C16H16FN3OS/c1-16(7-13(18)20(2)14(21)8-16)12-9-19-15(22-12)10-4-3-5-11(17)6-10/h3-6,9,18H,7-8H2,1-2H3/t16-/m0/s1. The Morgan fingerprint density at radius 1 is 1.41 bits per heavy atom. The van der Waals surface area contributed by atoms with Gasteiger partial charge in [-0.25, -0.2) is 9.37 Å². The maximum atomic E-state index is 13.3. The highest BCUT2D eigenvalue weighted by atomic mass is 32.1. The van der Waals surface area contributed by atoms with E-state index in [-0.39, 0.29) is 11.7 Å². The van der Waals surface area contributed by atoms with Crippen molar-refractivity contribution in [3.8, 4) is 10.6 Å². The largest absolute Gasteiger partial charge is 0.304 e. The number of carbonyl (C=O) groups is 1. The van der Waals surface area contributed by atoms with Gasteiger partial charge in [0.15, 0.2) is 0 Å². The van der Waals surface area contributed by atoms with Gasteiger partial charge >= 0.3 is 0 Å². The number of hydrogen-bond acceptors (Lipinski definition) is 4. The van der Waals surface area contributed by atoms with Crippen LogP contribution in [0.3, 0.4) is 0 Å². The van der Waals surface area contributed by atoms with Crippen LogP contribution in [0, 0.1) is 11.2 Å². The highest BCUT2D eigenvalue weighted by Gasteiger charge is 2.39. The van der Waals surface area contributed by atoms with Gasteiger partial charge in [-0.1, -0.05) is 19.1 Å². The maximum absolute atomic E-state index is 13.3. The molecule has 0 unspecified atom stereocenters. The summed E-state index contributed by atoms with van der Waals surface area (Å²) < 4.78 is 13.3. The van der Waals surface area contributed by atoms with Gasteiger partial charge in [0, 0.05) is 41.9 Å². The molecule has 0 bridgehead atoms. The lowest BCUT2D eigenvalue weighted by Crippen LogP contribution is -2.46. The molecule has 114 valence electrons. The van der Waals surface area contributed by atoms with Gasteiger partial charge in [0.1, 0.15) is 16.7 Å². The molecule has 1 atom stereocenters. The number of amidine groups is 1. The minimum Gasteiger partial charge on any atom is -0.304 e. The molecule has 1 fully saturated rings. The number of nitrogens with one attached hydrogen (secondary N) is 1. The van der Waals surface area contributed by atoms with Gasteiger partial charge in [0.2, 0.25) is 5.91 Å². The molecule has 2 heterocycles. The van der Waals surface area contributed by atoms with Crippen LogP contribution in [0.5, 0.6) is 0 Å². The van der Waals surface area contributed by atoms with E-state index in [1.54, 1.807) is 19.3 Å². The first-order valence-electron chi connectivity index (χ1n) is 6.95. The average Bonchev–Trinajstić information content (AvgIpc) is 2.95. The van der Waals surface area contributed by atoms with E-state index >= 15 is 0 Å². The summed E-state index contributed by atoms with van der Waals surface area (Å²) in [4.78, 5) is 18.8. The molecule has 22 heavy (non-hydrogen) atoms. The Hall–Kier alpha value is -2.08. The van der Waals surface area contributed by atoms with E-state index in [9.17, 15) is 9.18 Å². The molecule has 1 aliphatic rings. The number of piperidine rings is 1. The first-order chi connectivity index (χ1) is 10.4. The van der Waals surface area contributed by atoms with E-state index in [4.69, 9.17) is 5.41 Å². The summed E-state index contributed by atoms with van der Waals surface area (Å²) in [6.07, 6.45) is 2.60. The number of benzene rings is 1. The summed E-state index contributed by atoms with van der Waals surface area (Å²) in [5, 5.41) is 8.70. The quantitative estimate of drug-likeness (QED) is 0.922. The second-order valence-corrected chi connectivity index (χ2v) is 6.88. The van der Waals surface area contributed by atoms with E-state index < -0.39 is 5.41 Å². The van der Waals surface area contributed by atoms with Crippen molar-refractivity contribution < 1.29 is 9.18 Å². The summed E-state index contributed by atoms with van der Waals surface area (Å²) in [6, 6.07) is 6.32. The SMILES string of the molecule is CN1C(=N)C[C@](C)(c2cnc(-c3cccc(F)c3)s2)CC1=O. The zero-order valence-corrected chi connectivity index (χ0v) is 13.2. The smallest absolute Gasteiger partial charge is 0.228 e. The Bertz CT molecular complexity index is 737. The predicted octanol–water partition coefficient (Wildman–Crippen LogP) is 3.44. The van der Waals surface area contributed by atoms with E-state index in [2.05, 4.69) is 4.98 Å². The van der Waals surface area contributed by atoms with Gasteiger partial charge in [0.25, 0.3) is 0 Å². The number of rotatable bonds is 2. The van der Waals surface area contributed by atoms with Crippen LogP contribution in [-0.2, 0) is 10.2 Å². The summed E-state index contributed by atoms with van der Waals surface area (Å²) in [6.45, 7) is 1.98. The van der Waals surface area contributed by atoms with Crippen LogP contribution in [0.2, 0.25) is 0 Å². The monoisotopic (exact) mass is 317 g/mol. The topological polar surface area (TPSA) is 57.1 Å². The van der Waals surface area contributed by atoms with Gasteiger partial charge in [-0.15, -0.1) is 11.3 Å². The van der Waals surface area contributed by atoms with Crippen molar-refractivity contribution in [1.82, 2.24) is 9.88 Å². The zero-order chi connectivity index (χ0) is 15.9. The Morgan fingerprint density at radius 2 is 2.18 bits per heavy atom. The molecule has 2 aromatic rings. The molecule has 1 aliphatic heterocycles. The number of aromatic nitrogens is 1. The first-order valence-corrected chi connectivity index (χ1v) is 7.77. The molecule has 1 N–H and O–H groups in total. The molecule has 3 rings (SSSR count). The van der Waals surface area contributed by atoms with Crippen molar-refractivity contribution in [3.63, 3.8) is 0 Å².